The molecule has 6 heteroatoms. The molecule has 0 saturated carbocycles. The lowest BCUT2D eigenvalue weighted by Crippen LogP contribution is -2.39. The van der Waals surface area contributed by atoms with Crippen molar-refractivity contribution in [1.82, 2.24) is 10.6 Å². The maximum absolute atomic E-state index is 11.0. The molecule has 0 bridgehead atoms. The number of amides is 2. The standard InChI is InChI=1S/C6H10BN3O2/c7-6(12)10-4-1-3(2-8)9-5(4)11/h3-4H,1-2,8H2,(H,9,11)(H,10,12)/t3-,4-/m0/s1. The van der Waals surface area contributed by atoms with Crippen LogP contribution in [0.2, 0.25) is 0 Å². The highest BCUT2D eigenvalue weighted by molar-refractivity contribution is 6.57. The Hall–Kier alpha value is -1.04. The Kier molecular flexibility index (Phi) is 2.70. The summed E-state index contributed by atoms with van der Waals surface area (Å²) < 4.78 is 0. The molecule has 1 aliphatic heterocycles. The van der Waals surface area contributed by atoms with Crippen molar-refractivity contribution in [1.29, 1.82) is 0 Å². The maximum atomic E-state index is 11.0. The summed E-state index contributed by atoms with van der Waals surface area (Å²) in [6.07, 6.45) is 0.512. The lowest BCUT2D eigenvalue weighted by molar-refractivity contribution is -0.120. The van der Waals surface area contributed by atoms with E-state index in [1.807, 2.05) is 0 Å². The molecule has 0 aromatic heterocycles. The van der Waals surface area contributed by atoms with E-state index in [-0.39, 0.29) is 11.9 Å². The van der Waals surface area contributed by atoms with Crippen LogP contribution in [0.15, 0.2) is 0 Å². The average molecular weight is 167 g/mol. The van der Waals surface area contributed by atoms with Crippen LogP contribution in [0, 0.1) is 0 Å². The Balaban J connectivity index is 2.46. The highest BCUT2D eigenvalue weighted by atomic mass is 16.2. The monoisotopic (exact) mass is 167 g/mol. The van der Waals surface area contributed by atoms with Gasteiger partial charge in [0, 0.05) is 12.6 Å². The van der Waals surface area contributed by atoms with Gasteiger partial charge in [-0.2, -0.15) is 0 Å². The van der Waals surface area contributed by atoms with Crippen molar-refractivity contribution < 1.29 is 9.59 Å². The fourth-order valence-electron chi connectivity index (χ4n) is 1.20. The van der Waals surface area contributed by atoms with Crippen molar-refractivity contribution in [2.75, 3.05) is 6.54 Å². The van der Waals surface area contributed by atoms with Crippen molar-refractivity contribution in [3.63, 3.8) is 0 Å². The van der Waals surface area contributed by atoms with Gasteiger partial charge in [-0.3, -0.25) is 9.59 Å². The molecule has 2 atom stereocenters. The zero-order valence-electron chi connectivity index (χ0n) is 6.54. The first kappa shape index (κ1) is 9.06. The van der Waals surface area contributed by atoms with Gasteiger partial charge in [-0.15, -0.1) is 0 Å². The second-order valence-electron chi connectivity index (χ2n) is 2.74. The largest absolute Gasteiger partial charge is 0.354 e. The van der Waals surface area contributed by atoms with Crippen LogP contribution < -0.4 is 16.4 Å². The summed E-state index contributed by atoms with van der Waals surface area (Å²) in [5.41, 5.74) is 5.33. The number of hydrogen-bond acceptors (Lipinski definition) is 3. The molecule has 4 N–H and O–H groups in total. The van der Waals surface area contributed by atoms with Crippen LogP contribution in [-0.2, 0) is 4.79 Å². The van der Waals surface area contributed by atoms with E-state index in [0.29, 0.717) is 13.0 Å². The van der Waals surface area contributed by atoms with Gasteiger partial charge >= 0.3 is 0 Å². The summed E-state index contributed by atoms with van der Waals surface area (Å²) in [5, 5.41) is 4.95. The Bertz CT molecular complexity index is 209. The van der Waals surface area contributed by atoms with Crippen molar-refractivity contribution in [2.45, 2.75) is 18.5 Å². The molecule has 0 unspecified atom stereocenters. The summed E-state index contributed by atoms with van der Waals surface area (Å²) in [5.74, 6) is -0.905. The van der Waals surface area contributed by atoms with Crippen LogP contribution in [0.4, 0.5) is 4.79 Å². The first-order valence-electron chi connectivity index (χ1n) is 3.70. The molecule has 0 aromatic carbocycles. The van der Waals surface area contributed by atoms with Crippen LogP contribution in [0.25, 0.3) is 0 Å². The lowest BCUT2D eigenvalue weighted by Gasteiger charge is -2.07. The third kappa shape index (κ3) is 1.98. The summed E-state index contributed by atoms with van der Waals surface area (Å²) in [6, 6.07) is -0.564. The number of carbonyl (C=O) groups is 2. The SMILES string of the molecule is [B]C(=O)N[C@H]1C[C@@H](CN)NC1=O. The number of nitrogens with two attached hydrogens (primary N) is 1. The fraction of sp³-hybridized carbons (Fsp3) is 0.667. The Morgan fingerprint density at radius 2 is 2.50 bits per heavy atom. The zero-order chi connectivity index (χ0) is 9.14. The van der Waals surface area contributed by atoms with Gasteiger partial charge < -0.3 is 16.4 Å². The minimum atomic E-state index is -0.687. The quantitative estimate of drug-likeness (QED) is 0.419. The minimum Gasteiger partial charge on any atom is -0.354 e. The number of carbonyl (C=O) groups excluding carboxylic acids is 2. The van der Waals surface area contributed by atoms with Crippen LogP contribution in [0.5, 0.6) is 0 Å². The average Bonchev–Trinajstić information content (AvgIpc) is 2.31. The molecule has 2 radical (unpaired) electrons. The summed E-state index contributed by atoms with van der Waals surface area (Å²) in [6.45, 7) is 0.378. The third-order valence-electron chi connectivity index (χ3n) is 1.78. The summed E-state index contributed by atoms with van der Waals surface area (Å²) in [4.78, 5) is 21.4. The molecule has 1 heterocycles. The first-order valence-corrected chi connectivity index (χ1v) is 3.70. The van der Waals surface area contributed by atoms with Gasteiger partial charge in [-0.05, 0) is 6.42 Å². The molecule has 64 valence electrons. The normalized spacial score (nSPS) is 28.2. The van der Waals surface area contributed by atoms with Gasteiger partial charge in [-0.1, -0.05) is 0 Å². The maximum Gasteiger partial charge on any atom is 0.242 e. The second kappa shape index (κ2) is 3.58. The molecule has 1 saturated heterocycles. The third-order valence-corrected chi connectivity index (χ3v) is 1.78. The van der Waals surface area contributed by atoms with E-state index in [9.17, 15) is 9.59 Å². The topological polar surface area (TPSA) is 84.2 Å². The number of nitrogens with one attached hydrogen (secondary N) is 2. The van der Waals surface area contributed by atoms with Gasteiger partial charge in [-0.25, -0.2) is 0 Å². The van der Waals surface area contributed by atoms with E-state index in [0.717, 1.165) is 0 Å². The smallest absolute Gasteiger partial charge is 0.242 e. The molecule has 2 amide bonds. The van der Waals surface area contributed by atoms with Crippen LogP contribution >= 0.6 is 0 Å². The summed E-state index contributed by atoms with van der Waals surface area (Å²) >= 11 is 0. The van der Waals surface area contributed by atoms with Gasteiger partial charge in [0.2, 0.25) is 13.8 Å². The first-order chi connectivity index (χ1) is 5.63. The van der Waals surface area contributed by atoms with Crippen LogP contribution in [0.1, 0.15) is 6.42 Å². The molecular formula is C6H10BN3O2. The zero-order valence-corrected chi connectivity index (χ0v) is 6.54. The van der Waals surface area contributed by atoms with E-state index in [1.165, 1.54) is 0 Å². The molecule has 0 spiro atoms. The molecule has 0 aromatic rings. The Morgan fingerprint density at radius 3 is 2.92 bits per heavy atom. The molecule has 5 nitrogen and oxygen atoms in total. The number of rotatable bonds is 2. The van der Waals surface area contributed by atoms with E-state index in [4.69, 9.17) is 13.6 Å². The van der Waals surface area contributed by atoms with E-state index in [1.54, 1.807) is 0 Å². The lowest BCUT2D eigenvalue weighted by atomic mass is 10.1. The van der Waals surface area contributed by atoms with Crippen LogP contribution in [-0.4, -0.2) is 38.2 Å². The fourth-order valence-corrected chi connectivity index (χ4v) is 1.20. The van der Waals surface area contributed by atoms with E-state index < -0.39 is 11.8 Å². The van der Waals surface area contributed by atoms with Gasteiger partial charge in [0.25, 0.3) is 0 Å². The predicted molar refractivity (Wildman–Crippen MR) is 43.7 cm³/mol. The Labute approximate surface area is 71.5 Å². The molecule has 0 aliphatic carbocycles. The van der Waals surface area contributed by atoms with E-state index >= 15 is 0 Å². The summed E-state index contributed by atoms with van der Waals surface area (Å²) in [7, 11) is 4.86. The molecule has 1 aliphatic rings. The molecule has 1 fully saturated rings. The van der Waals surface area contributed by atoms with Crippen molar-refractivity contribution >= 4 is 19.6 Å². The van der Waals surface area contributed by atoms with Crippen molar-refractivity contribution in [2.24, 2.45) is 5.73 Å². The highest BCUT2D eigenvalue weighted by Gasteiger charge is 2.30. The van der Waals surface area contributed by atoms with Gasteiger partial charge in [0.15, 0.2) is 5.81 Å². The highest BCUT2D eigenvalue weighted by Crippen LogP contribution is 2.06. The van der Waals surface area contributed by atoms with Crippen molar-refractivity contribution in [3.05, 3.63) is 0 Å². The van der Waals surface area contributed by atoms with E-state index in [2.05, 4.69) is 10.6 Å². The molecular weight excluding hydrogens is 157 g/mol. The minimum absolute atomic E-state index is 0.0469. The second-order valence-corrected chi connectivity index (χ2v) is 2.74. The molecule has 12 heavy (non-hydrogen) atoms. The van der Waals surface area contributed by atoms with Crippen LogP contribution in [0.3, 0.4) is 0 Å². The predicted octanol–water partition coefficient (Wildman–Crippen LogP) is -1.92. The van der Waals surface area contributed by atoms with Crippen molar-refractivity contribution in [3.8, 4) is 0 Å². The van der Waals surface area contributed by atoms with Gasteiger partial charge in [0.05, 0.1) is 0 Å². The van der Waals surface area contributed by atoms with Gasteiger partial charge in [0.1, 0.15) is 6.04 Å². The molecule has 1 rings (SSSR count). The Morgan fingerprint density at radius 1 is 1.83 bits per heavy atom. The number of hydrogen-bond donors (Lipinski definition) is 3.